The van der Waals surface area contributed by atoms with Crippen LogP contribution in [0.2, 0.25) is 0 Å². The fourth-order valence-electron chi connectivity index (χ4n) is 1.63. The highest BCUT2D eigenvalue weighted by atomic mass is 16.3. The summed E-state index contributed by atoms with van der Waals surface area (Å²) in [5.74, 6) is 0. The zero-order valence-electron chi connectivity index (χ0n) is 10.4. The van der Waals surface area contributed by atoms with Crippen molar-refractivity contribution in [3.63, 3.8) is 0 Å². The van der Waals surface area contributed by atoms with Gasteiger partial charge < -0.3 is 10.4 Å². The Bertz CT molecular complexity index is 512. The van der Waals surface area contributed by atoms with Crippen LogP contribution in [0, 0.1) is 0 Å². The molecule has 3 heteroatoms. The number of aliphatic hydroxyl groups is 1. The molecule has 1 aromatic heterocycles. The topological polar surface area (TPSA) is 45.2 Å². The van der Waals surface area contributed by atoms with E-state index in [4.69, 9.17) is 0 Å². The number of rotatable bonds is 3. The maximum atomic E-state index is 9.94. The van der Waals surface area contributed by atoms with Gasteiger partial charge in [-0.1, -0.05) is 18.2 Å². The predicted molar refractivity (Wildman–Crippen MR) is 71.1 cm³/mol. The Balaban J connectivity index is 2.36. The molecule has 0 saturated heterocycles. The second kappa shape index (κ2) is 4.34. The third-order valence-electron chi connectivity index (χ3n) is 3.06. The molecule has 17 heavy (non-hydrogen) atoms. The fraction of sp³-hybridized carbons (Fsp3) is 0.357. The van der Waals surface area contributed by atoms with Crippen LogP contribution in [0.1, 0.15) is 20.8 Å². The van der Waals surface area contributed by atoms with Gasteiger partial charge in [0.05, 0.1) is 22.8 Å². The molecule has 2 N–H and O–H groups in total. The Morgan fingerprint density at radius 2 is 1.94 bits per heavy atom. The highest BCUT2D eigenvalue weighted by Gasteiger charge is 2.22. The van der Waals surface area contributed by atoms with E-state index in [1.165, 1.54) is 0 Å². The minimum Gasteiger partial charge on any atom is -0.388 e. The number of nitrogens with zero attached hydrogens (tertiary/aromatic N) is 1. The van der Waals surface area contributed by atoms with E-state index in [0.717, 1.165) is 16.6 Å². The number of hydrogen-bond donors (Lipinski definition) is 2. The first-order valence-corrected chi connectivity index (χ1v) is 5.81. The Kier molecular flexibility index (Phi) is 3.03. The summed E-state index contributed by atoms with van der Waals surface area (Å²) >= 11 is 0. The molecule has 0 bridgehead atoms. The van der Waals surface area contributed by atoms with E-state index in [1.807, 2.05) is 37.3 Å². The zero-order chi connectivity index (χ0) is 12.5. The van der Waals surface area contributed by atoms with Gasteiger partial charge in [0, 0.05) is 11.6 Å². The van der Waals surface area contributed by atoms with Crippen molar-refractivity contribution in [2.75, 3.05) is 5.32 Å². The van der Waals surface area contributed by atoms with E-state index in [2.05, 4.69) is 10.3 Å². The molecule has 2 aromatic rings. The smallest absolute Gasteiger partial charge is 0.0933 e. The molecule has 0 saturated carbocycles. The minimum atomic E-state index is -0.767. The summed E-state index contributed by atoms with van der Waals surface area (Å²) in [6, 6.07) is 9.91. The van der Waals surface area contributed by atoms with Crippen LogP contribution in [0.5, 0.6) is 0 Å². The van der Waals surface area contributed by atoms with Crippen LogP contribution in [0.3, 0.4) is 0 Å². The molecule has 3 nitrogen and oxygen atoms in total. The van der Waals surface area contributed by atoms with Gasteiger partial charge in [0.25, 0.3) is 0 Å². The molecule has 2 rings (SSSR count). The number of hydrogen-bond acceptors (Lipinski definition) is 3. The van der Waals surface area contributed by atoms with Crippen molar-refractivity contribution in [1.29, 1.82) is 0 Å². The SMILES string of the molecule is CC(Nc1cccc2cccnc12)C(C)(C)O. The summed E-state index contributed by atoms with van der Waals surface area (Å²) < 4.78 is 0. The van der Waals surface area contributed by atoms with Gasteiger partial charge in [-0.3, -0.25) is 4.98 Å². The number of anilines is 1. The van der Waals surface area contributed by atoms with Crippen molar-refractivity contribution >= 4 is 16.6 Å². The van der Waals surface area contributed by atoms with Crippen molar-refractivity contribution < 1.29 is 5.11 Å². The van der Waals surface area contributed by atoms with Crippen molar-refractivity contribution in [3.8, 4) is 0 Å². The number of pyridine rings is 1. The third kappa shape index (κ3) is 2.56. The normalized spacial score (nSPS) is 13.6. The van der Waals surface area contributed by atoms with Gasteiger partial charge in [0.1, 0.15) is 0 Å². The quantitative estimate of drug-likeness (QED) is 0.852. The van der Waals surface area contributed by atoms with Crippen molar-refractivity contribution in [1.82, 2.24) is 4.98 Å². The van der Waals surface area contributed by atoms with Gasteiger partial charge in [0.2, 0.25) is 0 Å². The fourth-order valence-corrected chi connectivity index (χ4v) is 1.63. The maximum absolute atomic E-state index is 9.94. The van der Waals surface area contributed by atoms with Crippen LogP contribution >= 0.6 is 0 Å². The Morgan fingerprint density at radius 3 is 2.65 bits per heavy atom. The molecular weight excluding hydrogens is 212 g/mol. The molecule has 1 atom stereocenters. The average Bonchev–Trinajstić information content (AvgIpc) is 2.28. The first-order chi connectivity index (χ1) is 7.98. The molecule has 1 unspecified atom stereocenters. The van der Waals surface area contributed by atoms with Gasteiger partial charge in [-0.15, -0.1) is 0 Å². The van der Waals surface area contributed by atoms with E-state index < -0.39 is 5.60 Å². The molecule has 0 aliphatic rings. The predicted octanol–water partition coefficient (Wildman–Crippen LogP) is 2.81. The van der Waals surface area contributed by atoms with Crippen LogP contribution in [-0.2, 0) is 0 Å². The molecule has 1 heterocycles. The van der Waals surface area contributed by atoms with E-state index in [9.17, 15) is 5.11 Å². The molecule has 0 aliphatic heterocycles. The van der Waals surface area contributed by atoms with E-state index in [1.54, 1.807) is 20.0 Å². The monoisotopic (exact) mass is 230 g/mol. The number of aromatic nitrogens is 1. The van der Waals surface area contributed by atoms with Gasteiger partial charge in [-0.05, 0) is 32.9 Å². The average molecular weight is 230 g/mol. The van der Waals surface area contributed by atoms with Crippen LogP contribution in [0.4, 0.5) is 5.69 Å². The van der Waals surface area contributed by atoms with Gasteiger partial charge in [-0.2, -0.15) is 0 Å². The number of para-hydroxylation sites is 1. The second-order valence-electron chi connectivity index (χ2n) is 4.90. The van der Waals surface area contributed by atoms with E-state index >= 15 is 0 Å². The number of nitrogens with one attached hydrogen (secondary N) is 1. The van der Waals surface area contributed by atoms with Crippen molar-refractivity contribution in [2.24, 2.45) is 0 Å². The lowest BCUT2D eigenvalue weighted by atomic mass is 10.0. The summed E-state index contributed by atoms with van der Waals surface area (Å²) in [4.78, 5) is 4.37. The van der Waals surface area contributed by atoms with Gasteiger partial charge in [0.15, 0.2) is 0 Å². The van der Waals surface area contributed by atoms with Gasteiger partial charge >= 0.3 is 0 Å². The van der Waals surface area contributed by atoms with Crippen LogP contribution in [-0.4, -0.2) is 21.7 Å². The van der Waals surface area contributed by atoms with Crippen LogP contribution in [0.15, 0.2) is 36.5 Å². The van der Waals surface area contributed by atoms with Crippen LogP contribution in [0.25, 0.3) is 10.9 Å². The molecule has 0 fully saturated rings. The second-order valence-corrected chi connectivity index (χ2v) is 4.90. The molecule has 0 amide bonds. The minimum absolute atomic E-state index is 0.0462. The first kappa shape index (κ1) is 11.9. The molecule has 0 radical (unpaired) electrons. The summed E-state index contributed by atoms with van der Waals surface area (Å²) in [7, 11) is 0. The number of benzene rings is 1. The summed E-state index contributed by atoms with van der Waals surface area (Å²) in [5, 5.41) is 14.3. The maximum Gasteiger partial charge on any atom is 0.0933 e. The highest BCUT2D eigenvalue weighted by molar-refractivity contribution is 5.90. The van der Waals surface area contributed by atoms with Crippen LogP contribution < -0.4 is 5.32 Å². The zero-order valence-corrected chi connectivity index (χ0v) is 10.4. The van der Waals surface area contributed by atoms with Crippen molar-refractivity contribution in [2.45, 2.75) is 32.4 Å². The van der Waals surface area contributed by atoms with Crippen molar-refractivity contribution in [3.05, 3.63) is 36.5 Å². The lowest BCUT2D eigenvalue weighted by Crippen LogP contribution is -2.39. The Labute approximate surface area is 102 Å². The lowest BCUT2D eigenvalue weighted by molar-refractivity contribution is 0.0649. The third-order valence-corrected chi connectivity index (χ3v) is 3.06. The largest absolute Gasteiger partial charge is 0.388 e. The Hall–Kier alpha value is -1.61. The molecular formula is C14H18N2O. The lowest BCUT2D eigenvalue weighted by Gasteiger charge is -2.27. The molecule has 1 aromatic carbocycles. The highest BCUT2D eigenvalue weighted by Crippen LogP contribution is 2.23. The summed E-state index contributed by atoms with van der Waals surface area (Å²) in [5.41, 5.74) is 1.13. The number of fused-ring (bicyclic) bond motifs is 1. The molecule has 90 valence electrons. The summed E-state index contributed by atoms with van der Waals surface area (Å²) in [6.45, 7) is 5.55. The first-order valence-electron chi connectivity index (χ1n) is 5.81. The molecule has 0 spiro atoms. The standard InChI is InChI=1S/C14H18N2O/c1-10(14(2,3)17)16-12-8-4-6-11-7-5-9-15-13(11)12/h4-10,16-17H,1-3H3. The van der Waals surface area contributed by atoms with E-state index in [0.29, 0.717) is 0 Å². The summed E-state index contributed by atoms with van der Waals surface area (Å²) in [6.07, 6.45) is 1.78. The van der Waals surface area contributed by atoms with Gasteiger partial charge in [-0.25, -0.2) is 0 Å². The Morgan fingerprint density at radius 1 is 1.24 bits per heavy atom. The molecule has 0 aliphatic carbocycles. The van der Waals surface area contributed by atoms with E-state index in [-0.39, 0.29) is 6.04 Å².